The number of aliphatic carboxylic acids is 1. The van der Waals surface area contributed by atoms with Gasteiger partial charge < -0.3 is 14.9 Å². The summed E-state index contributed by atoms with van der Waals surface area (Å²) in [5.41, 5.74) is 0. The van der Waals surface area contributed by atoms with E-state index in [0.717, 1.165) is 0 Å². The number of carboxylic acid groups (broad SMARTS) is 1. The van der Waals surface area contributed by atoms with Gasteiger partial charge in [-0.25, -0.2) is 4.79 Å². The first-order valence-corrected chi connectivity index (χ1v) is 5.44. The van der Waals surface area contributed by atoms with E-state index < -0.39 is 12.0 Å². The molecule has 0 fully saturated rings. The number of carboxylic acids is 1. The SMILES string of the molecule is CC(C)C[C@H](NC(=O)C[N+](C)(C)C)C(=O)O. The van der Waals surface area contributed by atoms with Crippen LogP contribution in [0.15, 0.2) is 0 Å². The van der Waals surface area contributed by atoms with E-state index in [2.05, 4.69) is 5.32 Å². The maximum atomic E-state index is 11.6. The van der Waals surface area contributed by atoms with Crippen molar-refractivity contribution in [3.05, 3.63) is 0 Å². The third kappa shape index (κ3) is 7.23. The maximum absolute atomic E-state index is 11.6. The largest absolute Gasteiger partial charge is 0.480 e. The average Bonchev–Trinajstić information content (AvgIpc) is 1.97. The Bertz CT molecular complexity index is 256. The molecule has 0 aromatic rings. The van der Waals surface area contributed by atoms with Crippen molar-refractivity contribution in [3.63, 3.8) is 0 Å². The molecule has 0 heterocycles. The molecule has 0 aliphatic heterocycles. The van der Waals surface area contributed by atoms with Gasteiger partial charge in [-0.1, -0.05) is 13.8 Å². The number of hydrogen-bond acceptors (Lipinski definition) is 2. The maximum Gasteiger partial charge on any atom is 0.326 e. The summed E-state index contributed by atoms with van der Waals surface area (Å²) < 4.78 is 0.486. The Kier molecular flexibility index (Phi) is 5.44. The van der Waals surface area contributed by atoms with E-state index in [0.29, 0.717) is 10.9 Å². The Labute approximate surface area is 97.0 Å². The van der Waals surface area contributed by atoms with E-state index in [1.807, 2.05) is 35.0 Å². The molecule has 0 aromatic carbocycles. The molecule has 0 aliphatic rings. The van der Waals surface area contributed by atoms with Gasteiger partial charge in [0.2, 0.25) is 0 Å². The Morgan fingerprint density at radius 3 is 2.06 bits per heavy atom. The van der Waals surface area contributed by atoms with Crippen LogP contribution in [0, 0.1) is 5.92 Å². The normalized spacial score (nSPS) is 13.6. The van der Waals surface area contributed by atoms with Gasteiger partial charge in [-0.05, 0) is 12.3 Å². The molecule has 1 atom stereocenters. The van der Waals surface area contributed by atoms with Gasteiger partial charge in [0, 0.05) is 0 Å². The molecule has 5 heteroatoms. The Balaban J connectivity index is 4.30. The molecule has 94 valence electrons. The lowest BCUT2D eigenvalue weighted by Crippen LogP contribution is -2.49. The standard InChI is InChI=1S/C11H22N2O3/c1-8(2)6-9(11(15)16)12-10(14)7-13(3,4)5/h8-9H,6-7H2,1-5H3,(H-,12,14,15,16)/p+1/t9-/m0/s1. The molecule has 0 spiro atoms. The third-order valence-corrected chi connectivity index (χ3v) is 1.96. The molecule has 0 saturated carbocycles. The third-order valence-electron chi connectivity index (χ3n) is 1.96. The van der Waals surface area contributed by atoms with Gasteiger partial charge in [0.05, 0.1) is 21.1 Å². The highest BCUT2D eigenvalue weighted by Gasteiger charge is 2.23. The Morgan fingerprint density at radius 2 is 1.75 bits per heavy atom. The Hall–Kier alpha value is -1.10. The first-order valence-electron chi connectivity index (χ1n) is 5.44. The van der Waals surface area contributed by atoms with E-state index in [4.69, 9.17) is 5.11 Å². The lowest BCUT2D eigenvalue weighted by atomic mass is 10.0. The zero-order chi connectivity index (χ0) is 12.9. The first kappa shape index (κ1) is 14.9. The number of carbonyl (C=O) groups is 2. The van der Waals surface area contributed by atoms with E-state index in [1.165, 1.54) is 0 Å². The smallest absolute Gasteiger partial charge is 0.326 e. The van der Waals surface area contributed by atoms with Crippen molar-refractivity contribution < 1.29 is 19.2 Å². The van der Waals surface area contributed by atoms with Gasteiger partial charge in [0.1, 0.15) is 6.04 Å². The minimum Gasteiger partial charge on any atom is -0.480 e. The summed E-state index contributed by atoms with van der Waals surface area (Å²) in [6, 6.07) is -0.779. The number of carbonyl (C=O) groups excluding carboxylic acids is 1. The van der Waals surface area contributed by atoms with Gasteiger partial charge >= 0.3 is 5.97 Å². The monoisotopic (exact) mass is 231 g/mol. The number of rotatable bonds is 6. The molecule has 1 amide bonds. The highest BCUT2D eigenvalue weighted by molar-refractivity contribution is 5.84. The molecule has 16 heavy (non-hydrogen) atoms. The summed E-state index contributed by atoms with van der Waals surface area (Å²) in [4.78, 5) is 22.5. The van der Waals surface area contributed by atoms with Crippen molar-refractivity contribution in [1.82, 2.24) is 5.32 Å². The number of nitrogens with zero attached hydrogens (tertiary/aromatic N) is 1. The van der Waals surface area contributed by atoms with Crippen molar-refractivity contribution in [3.8, 4) is 0 Å². The van der Waals surface area contributed by atoms with Crippen molar-refractivity contribution in [2.75, 3.05) is 27.7 Å². The second-order valence-electron chi connectivity index (χ2n) is 5.54. The topological polar surface area (TPSA) is 66.4 Å². The lowest BCUT2D eigenvalue weighted by molar-refractivity contribution is -0.862. The summed E-state index contributed by atoms with van der Waals surface area (Å²) in [6.45, 7) is 4.14. The average molecular weight is 231 g/mol. The summed E-state index contributed by atoms with van der Waals surface area (Å²) in [6.07, 6.45) is 0.457. The van der Waals surface area contributed by atoms with Gasteiger partial charge in [-0.3, -0.25) is 4.79 Å². The summed E-state index contributed by atoms with van der Waals surface area (Å²) in [5.74, 6) is -0.950. The second-order valence-corrected chi connectivity index (χ2v) is 5.54. The molecule has 0 radical (unpaired) electrons. The minimum atomic E-state index is -0.969. The number of quaternary nitrogens is 1. The zero-order valence-electron chi connectivity index (χ0n) is 10.8. The van der Waals surface area contributed by atoms with Gasteiger partial charge in [0.15, 0.2) is 6.54 Å². The molecule has 5 nitrogen and oxygen atoms in total. The number of nitrogens with one attached hydrogen (secondary N) is 1. The lowest BCUT2D eigenvalue weighted by Gasteiger charge is -2.24. The van der Waals surface area contributed by atoms with Crippen LogP contribution >= 0.6 is 0 Å². The van der Waals surface area contributed by atoms with Crippen LogP contribution in [-0.4, -0.2) is 55.2 Å². The van der Waals surface area contributed by atoms with Crippen LogP contribution in [0.3, 0.4) is 0 Å². The van der Waals surface area contributed by atoms with Gasteiger partial charge in [-0.15, -0.1) is 0 Å². The van der Waals surface area contributed by atoms with Crippen LogP contribution < -0.4 is 5.32 Å². The molecule has 2 N–H and O–H groups in total. The fraction of sp³-hybridized carbons (Fsp3) is 0.818. The first-order chi connectivity index (χ1) is 7.11. The van der Waals surface area contributed by atoms with E-state index >= 15 is 0 Å². The summed E-state index contributed by atoms with van der Waals surface area (Å²) in [5, 5.41) is 11.5. The quantitative estimate of drug-likeness (QED) is 0.646. The molecule has 0 bridgehead atoms. The summed E-state index contributed by atoms with van der Waals surface area (Å²) >= 11 is 0. The van der Waals surface area contributed by atoms with Crippen molar-refractivity contribution in [1.29, 1.82) is 0 Å². The zero-order valence-corrected chi connectivity index (χ0v) is 10.8. The van der Waals surface area contributed by atoms with Crippen LogP contribution in [0.25, 0.3) is 0 Å². The van der Waals surface area contributed by atoms with E-state index in [9.17, 15) is 9.59 Å². The van der Waals surface area contributed by atoms with Crippen molar-refractivity contribution in [2.24, 2.45) is 5.92 Å². The van der Waals surface area contributed by atoms with Crippen LogP contribution in [0.2, 0.25) is 0 Å². The molecule has 0 aliphatic carbocycles. The number of amides is 1. The molecular formula is C11H23N2O3+. The van der Waals surface area contributed by atoms with E-state index in [-0.39, 0.29) is 18.4 Å². The molecule has 0 unspecified atom stereocenters. The number of likely N-dealkylation sites (N-methyl/N-ethyl adjacent to an activating group) is 1. The summed E-state index contributed by atoms with van der Waals surface area (Å²) in [7, 11) is 5.66. The fourth-order valence-electron chi connectivity index (χ4n) is 1.36. The number of hydrogen-bond donors (Lipinski definition) is 2. The Morgan fingerprint density at radius 1 is 1.25 bits per heavy atom. The van der Waals surface area contributed by atoms with Crippen molar-refractivity contribution >= 4 is 11.9 Å². The highest BCUT2D eigenvalue weighted by atomic mass is 16.4. The van der Waals surface area contributed by atoms with Gasteiger partial charge in [-0.2, -0.15) is 0 Å². The van der Waals surface area contributed by atoms with Crippen molar-refractivity contribution in [2.45, 2.75) is 26.3 Å². The van der Waals surface area contributed by atoms with Crippen LogP contribution in [0.5, 0.6) is 0 Å². The molecule has 0 aromatic heterocycles. The second kappa shape index (κ2) is 5.84. The predicted octanol–water partition coefficient (Wildman–Crippen LogP) is 0.308. The van der Waals surface area contributed by atoms with Gasteiger partial charge in [0.25, 0.3) is 5.91 Å². The minimum absolute atomic E-state index is 0.222. The van der Waals surface area contributed by atoms with Crippen LogP contribution in [0.4, 0.5) is 0 Å². The molecule has 0 saturated heterocycles. The van der Waals surface area contributed by atoms with E-state index in [1.54, 1.807) is 0 Å². The molecule has 0 rings (SSSR count). The predicted molar refractivity (Wildman–Crippen MR) is 61.9 cm³/mol. The fourth-order valence-corrected chi connectivity index (χ4v) is 1.36. The highest BCUT2D eigenvalue weighted by Crippen LogP contribution is 2.05. The van der Waals surface area contributed by atoms with Crippen LogP contribution in [0.1, 0.15) is 20.3 Å². The molecular weight excluding hydrogens is 208 g/mol. The van der Waals surface area contributed by atoms with Crippen LogP contribution in [-0.2, 0) is 9.59 Å².